The van der Waals surface area contributed by atoms with E-state index < -0.39 is 9.84 Å². The number of benzene rings is 1. The summed E-state index contributed by atoms with van der Waals surface area (Å²) in [6, 6.07) is 6.09. The Balaban J connectivity index is 2.81. The molecule has 0 aromatic heterocycles. The monoisotopic (exact) mass is 274 g/mol. The van der Waals surface area contributed by atoms with Gasteiger partial charge in [0, 0.05) is 31.0 Å². The van der Waals surface area contributed by atoms with Gasteiger partial charge in [0.15, 0.2) is 0 Å². The molecule has 102 valence electrons. The second-order valence-corrected chi connectivity index (χ2v) is 6.64. The number of rotatable bonds is 6. The van der Waals surface area contributed by atoms with Crippen LogP contribution in [0.1, 0.15) is 11.6 Å². The molecule has 0 heterocycles. The van der Waals surface area contributed by atoms with Crippen LogP contribution >= 0.6 is 0 Å². The van der Waals surface area contributed by atoms with Crippen molar-refractivity contribution >= 4 is 9.84 Å². The van der Waals surface area contributed by atoms with Gasteiger partial charge in [-0.3, -0.25) is 4.90 Å². The minimum absolute atomic E-state index is 0.0362. The molecular formula is C12H19FN2O2S. The number of sulfone groups is 1. The zero-order valence-electron chi connectivity index (χ0n) is 10.6. The Morgan fingerprint density at radius 3 is 2.50 bits per heavy atom. The molecular weight excluding hydrogens is 255 g/mol. The summed E-state index contributed by atoms with van der Waals surface area (Å²) in [4.78, 5) is 1.76. The topological polar surface area (TPSA) is 63.4 Å². The Kier molecular flexibility index (Phi) is 5.25. The molecule has 0 aliphatic carbocycles. The highest BCUT2D eigenvalue weighted by Crippen LogP contribution is 2.20. The molecule has 1 unspecified atom stereocenters. The smallest absolute Gasteiger partial charge is 0.148 e. The first-order chi connectivity index (χ1) is 8.35. The van der Waals surface area contributed by atoms with Crippen LogP contribution in [0.4, 0.5) is 4.39 Å². The van der Waals surface area contributed by atoms with E-state index in [9.17, 15) is 12.8 Å². The maximum atomic E-state index is 13.7. The van der Waals surface area contributed by atoms with Gasteiger partial charge in [0.25, 0.3) is 0 Å². The van der Waals surface area contributed by atoms with E-state index in [1.54, 1.807) is 30.1 Å². The van der Waals surface area contributed by atoms with Crippen LogP contribution in [0.3, 0.4) is 0 Å². The molecule has 0 radical (unpaired) electrons. The lowest BCUT2D eigenvalue weighted by molar-refractivity contribution is 0.258. The molecule has 0 saturated heterocycles. The highest BCUT2D eigenvalue weighted by atomic mass is 32.2. The van der Waals surface area contributed by atoms with E-state index in [1.807, 2.05) is 0 Å². The Morgan fingerprint density at radius 1 is 1.39 bits per heavy atom. The summed E-state index contributed by atoms with van der Waals surface area (Å²) in [6.07, 6.45) is 1.18. The first kappa shape index (κ1) is 15.1. The fraction of sp³-hybridized carbons (Fsp3) is 0.500. The van der Waals surface area contributed by atoms with E-state index in [4.69, 9.17) is 5.73 Å². The van der Waals surface area contributed by atoms with E-state index in [0.717, 1.165) is 0 Å². The fourth-order valence-electron chi connectivity index (χ4n) is 1.76. The average molecular weight is 274 g/mol. The van der Waals surface area contributed by atoms with E-state index in [1.165, 1.54) is 12.3 Å². The molecule has 0 aliphatic rings. The van der Waals surface area contributed by atoms with Crippen LogP contribution in [0.25, 0.3) is 0 Å². The lowest BCUT2D eigenvalue weighted by atomic mass is 10.1. The van der Waals surface area contributed by atoms with Gasteiger partial charge in [-0.2, -0.15) is 0 Å². The Morgan fingerprint density at radius 2 is 2.00 bits per heavy atom. The molecule has 0 saturated carbocycles. The zero-order valence-corrected chi connectivity index (χ0v) is 11.5. The summed E-state index contributed by atoms with van der Waals surface area (Å²) >= 11 is 0. The molecule has 1 atom stereocenters. The highest BCUT2D eigenvalue weighted by molar-refractivity contribution is 7.90. The van der Waals surface area contributed by atoms with Crippen LogP contribution in [0.15, 0.2) is 24.3 Å². The molecule has 1 aromatic carbocycles. The van der Waals surface area contributed by atoms with Gasteiger partial charge in [-0.1, -0.05) is 18.2 Å². The normalized spacial score (nSPS) is 13.8. The molecule has 2 N–H and O–H groups in total. The molecule has 1 rings (SSSR count). The first-order valence-electron chi connectivity index (χ1n) is 5.67. The number of nitrogens with zero attached hydrogens (tertiary/aromatic N) is 1. The SMILES string of the molecule is CN(CCS(C)(=O)=O)C(CN)c1ccccc1F. The van der Waals surface area contributed by atoms with Crippen molar-refractivity contribution in [1.82, 2.24) is 4.90 Å². The minimum atomic E-state index is -3.03. The number of hydrogen-bond donors (Lipinski definition) is 1. The first-order valence-corrected chi connectivity index (χ1v) is 7.73. The van der Waals surface area contributed by atoms with Crippen LogP contribution in [0.5, 0.6) is 0 Å². The van der Waals surface area contributed by atoms with E-state index >= 15 is 0 Å². The standard InChI is InChI=1S/C12H19FN2O2S/c1-15(7-8-18(2,16)17)12(9-14)10-5-3-4-6-11(10)13/h3-6,12H,7-9,14H2,1-2H3. The van der Waals surface area contributed by atoms with Gasteiger partial charge in [-0.05, 0) is 13.1 Å². The Bertz CT molecular complexity index is 491. The van der Waals surface area contributed by atoms with Gasteiger partial charge in [-0.25, -0.2) is 12.8 Å². The van der Waals surface area contributed by atoms with Crippen LogP contribution < -0.4 is 5.73 Å². The summed E-state index contributed by atoms with van der Waals surface area (Å²) in [6.45, 7) is 0.566. The van der Waals surface area contributed by atoms with Crippen LogP contribution in [0.2, 0.25) is 0 Å². The van der Waals surface area contributed by atoms with Crippen LogP contribution in [-0.4, -0.2) is 45.5 Å². The number of hydrogen-bond acceptors (Lipinski definition) is 4. The van der Waals surface area contributed by atoms with E-state index in [2.05, 4.69) is 0 Å². The summed E-state index contributed by atoms with van der Waals surface area (Å²) < 4.78 is 35.9. The van der Waals surface area contributed by atoms with Crippen LogP contribution in [0, 0.1) is 5.82 Å². The van der Waals surface area contributed by atoms with Crippen molar-refractivity contribution in [1.29, 1.82) is 0 Å². The summed E-state index contributed by atoms with van der Waals surface area (Å²) in [7, 11) is -1.28. The van der Waals surface area contributed by atoms with Gasteiger partial charge in [-0.15, -0.1) is 0 Å². The quantitative estimate of drug-likeness (QED) is 0.833. The third kappa shape index (κ3) is 4.36. The van der Waals surface area contributed by atoms with Gasteiger partial charge in [0.2, 0.25) is 0 Å². The lowest BCUT2D eigenvalue weighted by Crippen LogP contribution is -2.34. The molecule has 0 fully saturated rings. The van der Waals surface area contributed by atoms with Crippen molar-refractivity contribution in [3.63, 3.8) is 0 Å². The van der Waals surface area contributed by atoms with Crippen molar-refractivity contribution in [3.05, 3.63) is 35.6 Å². The van der Waals surface area contributed by atoms with Crippen molar-refractivity contribution < 1.29 is 12.8 Å². The maximum Gasteiger partial charge on any atom is 0.148 e. The lowest BCUT2D eigenvalue weighted by Gasteiger charge is -2.27. The molecule has 0 spiro atoms. The summed E-state index contributed by atoms with van der Waals surface area (Å²) in [5.41, 5.74) is 6.15. The van der Waals surface area contributed by atoms with Crippen LogP contribution in [-0.2, 0) is 9.84 Å². The van der Waals surface area contributed by atoms with Crippen molar-refractivity contribution in [3.8, 4) is 0 Å². The van der Waals surface area contributed by atoms with Gasteiger partial charge < -0.3 is 5.73 Å². The number of likely N-dealkylation sites (N-methyl/N-ethyl adjacent to an activating group) is 1. The molecule has 0 aliphatic heterocycles. The molecule has 6 heteroatoms. The van der Waals surface area contributed by atoms with Gasteiger partial charge >= 0.3 is 0 Å². The fourth-order valence-corrected chi connectivity index (χ4v) is 2.37. The van der Waals surface area contributed by atoms with E-state index in [0.29, 0.717) is 12.1 Å². The average Bonchev–Trinajstić information content (AvgIpc) is 2.29. The molecule has 0 bridgehead atoms. The van der Waals surface area contributed by atoms with Crippen molar-refractivity contribution in [2.24, 2.45) is 5.73 Å². The second kappa shape index (κ2) is 6.26. The largest absolute Gasteiger partial charge is 0.329 e. The minimum Gasteiger partial charge on any atom is -0.329 e. The summed E-state index contributed by atoms with van der Waals surface area (Å²) in [5, 5.41) is 0. The third-order valence-corrected chi connectivity index (χ3v) is 3.76. The van der Waals surface area contributed by atoms with Gasteiger partial charge in [0.1, 0.15) is 15.7 Å². The predicted octanol–water partition coefficient (Wildman–Crippen LogP) is 0.802. The Labute approximate surface area is 108 Å². The maximum absolute atomic E-state index is 13.7. The number of nitrogens with two attached hydrogens (primary N) is 1. The molecule has 4 nitrogen and oxygen atoms in total. The van der Waals surface area contributed by atoms with Crippen molar-refractivity contribution in [2.45, 2.75) is 6.04 Å². The molecule has 1 aromatic rings. The predicted molar refractivity (Wildman–Crippen MR) is 70.5 cm³/mol. The second-order valence-electron chi connectivity index (χ2n) is 4.38. The summed E-state index contributed by atoms with van der Waals surface area (Å²) in [5.74, 6) is -0.284. The Hall–Kier alpha value is -0.980. The zero-order chi connectivity index (χ0) is 13.8. The molecule has 18 heavy (non-hydrogen) atoms. The number of halogens is 1. The van der Waals surface area contributed by atoms with E-state index in [-0.39, 0.29) is 24.2 Å². The highest BCUT2D eigenvalue weighted by Gasteiger charge is 2.19. The molecule has 0 amide bonds. The van der Waals surface area contributed by atoms with Crippen molar-refractivity contribution in [2.75, 3.05) is 32.1 Å². The third-order valence-electron chi connectivity index (χ3n) is 2.83. The van der Waals surface area contributed by atoms with Gasteiger partial charge in [0.05, 0.1) is 5.75 Å².